The zero-order chi connectivity index (χ0) is 14.7. The van der Waals surface area contributed by atoms with Crippen molar-refractivity contribution in [2.45, 2.75) is 33.2 Å². The average Bonchev–Trinajstić information content (AvgIpc) is 2.70. The lowest BCUT2D eigenvalue weighted by Crippen LogP contribution is -2.28. The van der Waals surface area contributed by atoms with Gasteiger partial charge in [-0.1, -0.05) is 33.2 Å². The van der Waals surface area contributed by atoms with E-state index in [1.54, 1.807) is 0 Å². The van der Waals surface area contributed by atoms with E-state index >= 15 is 0 Å². The predicted octanol–water partition coefficient (Wildman–Crippen LogP) is 3.47. The van der Waals surface area contributed by atoms with Crippen molar-refractivity contribution in [3.63, 3.8) is 0 Å². The third kappa shape index (κ3) is 3.48. The number of nitrogens with one attached hydrogen (secondary N) is 1. The molecule has 0 spiro atoms. The van der Waals surface area contributed by atoms with Gasteiger partial charge in [-0.05, 0) is 38.5 Å². The molecule has 0 saturated heterocycles. The number of halogens is 1. The molecule has 2 aromatic rings. The first-order chi connectivity index (χ1) is 9.47. The van der Waals surface area contributed by atoms with Crippen LogP contribution in [0.2, 0.25) is 0 Å². The zero-order valence-corrected chi connectivity index (χ0v) is 13.3. The largest absolute Gasteiger partial charge is 0.361 e. The average molecular weight is 337 g/mol. The molecule has 5 heteroatoms. The van der Waals surface area contributed by atoms with E-state index in [1.165, 1.54) is 0 Å². The van der Waals surface area contributed by atoms with Crippen LogP contribution in [-0.2, 0) is 11.2 Å². The Morgan fingerprint density at radius 3 is 2.80 bits per heavy atom. The molecule has 1 aromatic heterocycles. The Morgan fingerprint density at radius 2 is 2.20 bits per heavy atom. The van der Waals surface area contributed by atoms with Crippen LogP contribution < -0.4 is 5.32 Å². The van der Waals surface area contributed by atoms with Gasteiger partial charge in [0.1, 0.15) is 5.76 Å². The number of carbonyl (C=O) groups excluding carboxylic acids is 1. The molecule has 1 amide bonds. The van der Waals surface area contributed by atoms with Gasteiger partial charge < -0.3 is 9.84 Å². The number of benzene rings is 1. The van der Waals surface area contributed by atoms with Crippen molar-refractivity contribution in [3.05, 3.63) is 51.3 Å². The number of nitrogens with zero attached hydrogens (tertiary/aromatic N) is 1. The van der Waals surface area contributed by atoms with E-state index in [4.69, 9.17) is 4.52 Å². The Morgan fingerprint density at radius 1 is 1.45 bits per heavy atom. The van der Waals surface area contributed by atoms with Gasteiger partial charge in [0.05, 0.1) is 18.2 Å². The molecule has 4 nitrogen and oxygen atoms in total. The number of carbonyl (C=O) groups is 1. The molecule has 1 aromatic carbocycles. The van der Waals surface area contributed by atoms with Crippen LogP contribution in [0.1, 0.15) is 35.5 Å². The molecule has 2 rings (SSSR count). The molecular formula is C15H17BrN2O2. The SMILES string of the molecule is Cc1noc(C)c1CC(=O)NC(C)c1cccc(Br)c1. The van der Waals surface area contributed by atoms with Gasteiger partial charge >= 0.3 is 0 Å². The van der Waals surface area contributed by atoms with Crippen LogP contribution in [-0.4, -0.2) is 11.1 Å². The molecule has 1 atom stereocenters. The smallest absolute Gasteiger partial charge is 0.225 e. The van der Waals surface area contributed by atoms with Gasteiger partial charge in [-0.2, -0.15) is 0 Å². The van der Waals surface area contributed by atoms with Crippen molar-refractivity contribution < 1.29 is 9.32 Å². The summed E-state index contributed by atoms with van der Waals surface area (Å²) in [6.07, 6.45) is 0.291. The summed E-state index contributed by atoms with van der Waals surface area (Å²) in [6.45, 7) is 5.63. The number of hydrogen-bond acceptors (Lipinski definition) is 3. The Hall–Kier alpha value is -1.62. The molecule has 0 saturated carbocycles. The van der Waals surface area contributed by atoms with Crippen molar-refractivity contribution in [3.8, 4) is 0 Å². The summed E-state index contributed by atoms with van der Waals surface area (Å²) in [6, 6.07) is 7.87. The number of amides is 1. The van der Waals surface area contributed by atoms with Crippen LogP contribution in [0.5, 0.6) is 0 Å². The quantitative estimate of drug-likeness (QED) is 0.929. The lowest BCUT2D eigenvalue weighted by Gasteiger charge is -2.14. The number of aryl methyl sites for hydroxylation is 2. The lowest BCUT2D eigenvalue weighted by molar-refractivity contribution is -0.121. The fourth-order valence-corrected chi connectivity index (χ4v) is 2.48. The number of hydrogen-bond donors (Lipinski definition) is 1. The van der Waals surface area contributed by atoms with Gasteiger partial charge in [0, 0.05) is 10.0 Å². The standard InChI is InChI=1S/C15H17BrN2O2/c1-9(12-5-4-6-13(16)7-12)17-15(19)8-14-10(2)18-20-11(14)3/h4-7,9H,8H2,1-3H3,(H,17,19). The van der Waals surface area contributed by atoms with Gasteiger partial charge in [-0.3, -0.25) is 4.79 Å². The lowest BCUT2D eigenvalue weighted by atomic mass is 10.1. The summed E-state index contributed by atoms with van der Waals surface area (Å²) in [4.78, 5) is 12.1. The summed E-state index contributed by atoms with van der Waals surface area (Å²) in [5.74, 6) is 0.666. The molecule has 0 bridgehead atoms. The van der Waals surface area contributed by atoms with E-state index in [0.717, 1.165) is 21.3 Å². The molecule has 0 radical (unpaired) electrons. The monoisotopic (exact) mass is 336 g/mol. The van der Waals surface area contributed by atoms with E-state index in [1.807, 2.05) is 45.0 Å². The van der Waals surface area contributed by atoms with Crippen LogP contribution in [0.25, 0.3) is 0 Å². The summed E-state index contributed by atoms with van der Waals surface area (Å²) in [7, 11) is 0. The Labute approximate surface area is 126 Å². The first-order valence-corrected chi connectivity index (χ1v) is 7.23. The highest BCUT2D eigenvalue weighted by atomic mass is 79.9. The van der Waals surface area contributed by atoms with Gasteiger partial charge in [-0.25, -0.2) is 0 Å². The molecule has 0 fully saturated rings. The minimum Gasteiger partial charge on any atom is -0.361 e. The fourth-order valence-electron chi connectivity index (χ4n) is 2.07. The van der Waals surface area contributed by atoms with E-state index < -0.39 is 0 Å². The maximum atomic E-state index is 12.1. The van der Waals surface area contributed by atoms with Crippen molar-refractivity contribution in [2.24, 2.45) is 0 Å². The molecule has 0 aliphatic rings. The van der Waals surface area contributed by atoms with Crippen molar-refractivity contribution >= 4 is 21.8 Å². The van der Waals surface area contributed by atoms with E-state index in [0.29, 0.717) is 12.2 Å². The van der Waals surface area contributed by atoms with Gasteiger partial charge in [0.25, 0.3) is 0 Å². The highest BCUT2D eigenvalue weighted by Crippen LogP contribution is 2.18. The highest BCUT2D eigenvalue weighted by molar-refractivity contribution is 9.10. The van der Waals surface area contributed by atoms with Gasteiger partial charge in [-0.15, -0.1) is 0 Å². The molecule has 20 heavy (non-hydrogen) atoms. The summed E-state index contributed by atoms with van der Waals surface area (Å²) in [5.41, 5.74) is 2.70. The number of aromatic nitrogens is 1. The molecule has 0 aliphatic carbocycles. The Kier molecular flexibility index (Phi) is 4.60. The molecule has 106 valence electrons. The van der Waals surface area contributed by atoms with Crippen molar-refractivity contribution in [1.29, 1.82) is 0 Å². The summed E-state index contributed by atoms with van der Waals surface area (Å²) in [5, 5.41) is 6.84. The number of rotatable bonds is 4. The van der Waals surface area contributed by atoms with Crippen molar-refractivity contribution in [1.82, 2.24) is 10.5 Å². The van der Waals surface area contributed by atoms with Crippen LogP contribution in [0.3, 0.4) is 0 Å². The van der Waals surface area contributed by atoms with Crippen LogP contribution in [0.4, 0.5) is 0 Å². The second kappa shape index (κ2) is 6.22. The van der Waals surface area contributed by atoms with E-state index in [-0.39, 0.29) is 11.9 Å². The molecule has 1 unspecified atom stereocenters. The third-order valence-corrected chi connectivity index (χ3v) is 3.74. The second-order valence-corrected chi connectivity index (χ2v) is 5.74. The summed E-state index contributed by atoms with van der Waals surface area (Å²) >= 11 is 3.43. The highest BCUT2D eigenvalue weighted by Gasteiger charge is 2.15. The van der Waals surface area contributed by atoms with Gasteiger partial charge in [0.15, 0.2) is 0 Å². The molecule has 1 N–H and O–H groups in total. The normalized spacial score (nSPS) is 12.2. The molecule has 1 heterocycles. The molecule has 0 aliphatic heterocycles. The maximum absolute atomic E-state index is 12.1. The fraction of sp³-hybridized carbons (Fsp3) is 0.333. The van der Waals surface area contributed by atoms with Gasteiger partial charge in [0.2, 0.25) is 5.91 Å². The van der Waals surface area contributed by atoms with E-state index in [9.17, 15) is 4.79 Å². The van der Waals surface area contributed by atoms with Crippen LogP contribution in [0, 0.1) is 13.8 Å². The third-order valence-electron chi connectivity index (χ3n) is 3.24. The van der Waals surface area contributed by atoms with Crippen LogP contribution in [0.15, 0.2) is 33.3 Å². The minimum absolute atomic E-state index is 0.0353. The van der Waals surface area contributed by atoms with E-state index in [2.05, 4.69) is 26.4 Å². The van der Waals surface area contributed by atoms with Crippen molar-refractivity contribution in [2.75, 3.05) is 0 Å². The first kappa shape index (κ1) is 14.8. The first-order valence-electron chi connectivity index (χ1n) is 6.44. The Bertz CT molecular complexity index is 603. The maximum Gasteiger partial charge on any atom is 0.225 e. The Balaban J connectivity index is 2.01. The molecular weight excluding hydrogens is 320 g/mol. The second-order valence-electron chi connectivity index (χ2n) is 4.82. The minimum atomic E-state index is -0.0412. The zero-order valence-electron chi connectivity index (χ0n) is 11.7. The van der Waals surface area contributed by atoms with Crippen LogP contribution >= 0.6 is 15.9 Å². The topological polar surface area (TPSA) is 55.1 Å². The summed E-state index contributed by atoms with van der Waals surface area (Å²) < 4.78 is 6.07. The predicted molar refractivity (Wildman–Crippen MR) is 80.4 cm³/mol.